The standard InChI is InChI=1S/C20H18F2N4O4S/c1-24-19(27)15-5-3-2-4-14(15)18(23-24)20(28)25-8-10-26(11-9-25)31(29,30)17-12-13(21)6-7-16(17)22/h2-7,12H,8-11H2,1H3. The number of halogens is 2. The van der Waals surface area contributed by atoms with Crippen molar-refractivity contribution in [3.05, 3.63) is 70.1 Å². The Labute approximate surface area is 176 Å². The molecule has 0 spiro atoms. The zero-order valence-corrected chi connectivity index (χ0v) is 17.3. The molecule has 162 valence electrons. The van der Waals surface area contributed by atoms with Crippen molar-refractivity contribution in [3.8, 4) is 0 Å². The number of hydrogen-bond acceptors (Lipinski definition) is 5. The zero-order valence-electron chi connectivity index (χ0n) is 16.5. The van der Waals surface area contributed by atoms with Crippen LogP contribution in [-0.2, 0) is 17.1 Å². The summed E-state index contributed by atoms with van der Waals surface area (Å²) in [6.07, 6.45) is 0. The minimum absolute atomic E-state index is 0.0356. The normalized spacial score (nSPS) is 15.4. The first-order valence-corrected chi connectivity index (χ1v) is 10.8. The number of carbonyl (C=O) groups excluding carboxylic acids is 1. The number of aromatic nitrogens is 2. The summed E-state index contributed by atoms with van der Waals surface area (Å²) in [7, 11) is -2.81. The minimum atomic E-state index is -4.26. The molecule has 0 unspecified atom stereocenters. The summed E-state index contributed by atoms with van der Waals surface area (Å²) in [6.45, 7) is -0.108. The molecule has 0 bridgehead atoms. The lowest BCUT2D eigenvalue weighted by molar-refractivity contribution is 0.0691. The van der Waals surface area contributed by atoms with Gasteiger partial charge in [-0.05, 0) is 24.3 Å². The number of fused-ring (bicyclic) bond motifs is 1. The first-order valence-electron chi connectivity index (χ1n) is 9.40. The minimum Gasteiger partial charge on any atom is -0.335 e. The van der Waals surface area contributed by atoms with E-state index in [4.69, 9.17) is 0 Å². The maximum atomic E-state index is 14.0. The van der Waals surface area contributed by atoms with E-state index in [9.17, 15) is 26.8 Å². The third kappa shape index (κ3) is 3.70. The third-order valence-corrected chi connectivity index (χ3v) is 7.11. The molecule has 1 aliphatic heterocycles. The molecule has 0 saturated carbocycles. The molecule has 4 rings (SSSR count). The number of aryl methyl sites for hydroxylation is 1. The Morgan fingerprint density at radius 2 is 1.65 bits per heavy atom. The molecule has 11 heteroatoms. The molecule has 0 aliphatic carbocycles. The van der Waals surface area contributed by atoms with Gasteiger partial charge in [0.25, 0.3) is 11.5 Å². The van der Waals surface area contributed by atoms with Crippen molar-refractivity contribution in [3.63, 3.8) is 0 Å². The van der Waals surface area contributed by atoms with Crippen LogP contribution in [0, 0.1) is 11.6 Å². The Morgan fingerprint density at radius 3 is 2.32 bits per heavy atom. The number of nitrogens with zero attached hydrogens (tertiary/aromatic N) is 4. The van der Waals surface area contributed by atoms with E-state index in [1.54, 1.807) is 24.3 Å². The van der Waals surface area contributed by atoms with Crippen LogP contribution in [0.4, 0.5) is 8.78 Å². The lowest BCUT2D eigenvalue weighted by Gasteiger charge is -2.34. The van der Waals surface area contributed by atoms with Gasteiger partial charge in [-0.2, -0.15) is 9.40 Å². The number of piperazine rings is 1. The van der Waals surface area contributed by atoms with Gasteiger partial charge in [-0.3, -0.25) is 9.59 Å². The number of hydrogen-bond donors (Lipinski definition) is 0. The van der Waals surface area contributed by atoms with Crippen LogP contribution in [0.3, 0.4) is 0 Å². The van der Waals surface area contributed by atoms with Gasteiger partial charge < -0.3 is 4.90 Å². The van der Waals surface area contributed by atoms with Gasteiger partial charge >= 0.3 is 0 Å². The summed E-state index contributed by atoms with van der Waals surface area (Å²) in [5.74, 6) is -2.34. The lowest BCUT2D eigenvalue weighted by atomic mass is 10.1. The Hall–Kier alpha value is -3.18. The number of sulfonamides is 1. The van der Waals surface area contributed by atoms with Crippen LogP contribution < -0.4 is 5.56 Å². The highest BCUT2D eigenvalue weighted by Crippen LogP contribution is 2.23. The second-order valence-corrected chi connectivity index (χ2v) is 9.00. The molecule has 2 heterocycles. The van der Waals surface area contributed by atoms with Gasteiger partial charge in [-0.25, -0.2) is 21.9 Å². The summed E-state index contributed by atoms with van der Waals surface area (Å²) in [6, 6.07) is 8.86. The number of amides is 1. The van der Waals surface area contributed by atoms with Crippen LogP contribution in [0.5, 0.6) is 0 Å². The summed E-state index contributed by atoms with van der Waals surface area (Å²) in [5, 5.41) is 4.87. The van der Waals surface area contributed by atoms with Crippen molar-refractivity contribution in [1.29, 1.82) is 0 Å². The molecule has 2 aromatic carbocycles. The van der Waals surface area contributed by atoms with E-state index >= 15 is 0 Å². The molecular weight excluding hydrogens is 430 g/mol. The second-order valence-electron chi connectivity index (χ2n) is 7.09. The van der Waals surface area contributed by atoms with Crippen molar-refractivity contribution in [2.45, 2.75) is 4.90 Å². The van der Waals surface area contributed by atoms with Crippen molar-refractivity contribution >= 4 is 26.7 Å². The molecule has 0 radical (unpaired) electrons. The van der Waals surface area contributed by atoms with Crippen LogP contribution in [0.2, 0.25) is 0 Å². The van der Waals surface area contributed by atoms with Crippen LogP contribution in [-0.4, -0.2) is 59.5 Å². The lowest BCUT2D eigenvalue weighted by Crippen LogP contribution is -2.51. The van der Waals surface area contributed by atoms with Crippen molar-refractivity contribution in [1.82, 2.24) is 19.0 Å². The van der Waals surface area contributed by atoms with Crippen molar-refractivity contribution < 1.29 is 22.0 Å². The fourth-order valence-electron chi connectivity index (χ4n) is 3.55. The van der Waals surface area contributed by atoms with Gasteiger partial charge in [-0.1, -0.05) is 18.2 Å². The van der Waals surface area contributed by atoms with E-state index in [0.717, 1.165) is 21.1 Å². The summed E-state index contributed by atoms with van der Waals surface area (Å²) in [5.41, 5.74) is -0.245. The predicted molar refractivity (Wildman–Crippen MR) is 108 cm³/mol. The first kappa shape index (κ1) is 21.1. The van der Waals surface area contributed by atoms with Crippen molar-refractivity contribution in [2.24, 2.45) is 7.05 Å². The van der Waals surface area contributed by atoms with E-state index in [0.29, 0.717) is 16.8 Å². The van der Waals surface area contributed by atoms with Gasteiger partial charge in [0.1, 0.15) is 16.5 Å². The van der Waals surface area contributed by atoms with Crippen LogP contribution in [0.15, 0.2) is 52.2 Å². The largest absolute Gasteiger partial charge is 0.335 e. The fraction of sp³-hybridized carbons (Fsp3) is 0.250. The van der Waals surface area contributed by atoms with E-state index < -0.39 is 32.5 Å². The Balaban J connectivity index is 1.58. The molecule has 1 aliphatic rings. The zero-order chi connectivity index (χ0) is 22.3. The molecule has 1 aromatic heterocycles. The van der Waals surface area contributed by atoms with Gasteiger partial charge in [-0.15, -0.1) is 0 Å². The Morgan fingerprint density at radius 1 is 1.00 bits per heavy atom. The van der Waals surface area contributed by atoms with E-state index in [1.165, 1.54) is 11.9 Å². The number of carbonyl (C=O) groups is 1. The average molecular weight is 448 g/mol. The summed E-state index contributed by atoms with van der Waals surface area (Å²) >= 11 is 0. The van der Waals surface area contributed by atoms with Crippen molar-refractivity contribution in [2.75, 3.05) is 26.2 Å². The maximum absolute atomic E-state index is 14.0. The molecule has 0 atom stereocenters. The highest BCUT2D eigenvalue weighted by atomic mass is 32.2. The average Bonchev–Trinajstić information content (AvgIpc) is 2.77. The molecule has 31 heavy (non-hydrogen) atoms. The van der Waals surface area contributed by atoms with Gasteiger partial charge in [0.05, 0.1) is 5.39 Å². The molecular formula is C20H18F2N4O4S. The molecule has 8 nitrogen and oxygen atoms in total. The van der Waals surface area contributed by atoms with Crippen LogP contribution in [0.1, 0.15) is 10.5 Å². The third-order valence-electron chi connectivity index (χ3n) is 5.20. The Bertz CT molecular complexity index is 1350. The molecule has 0 N–H and O–H groups in total. The monoisotopic (exact) mass is 448 g/mol. The number of benzene rings is 2. The first-order chi connectivity index (χ1) is 14.7. The molecule has 3 aromatic rings. The highest BCUT2D eigenvalue weighted by Gasteiger charge is 2.33. The smallest absolute Gasteiger partial charge is 0.275 e. The maximum Gasteiger partial charge on any atom is 0.275 e. The van der Waals surface area contributed by atoms with Gasteiger partial charge in [0.2, 0.25) is 10.0 Å². The fourth-order valence-corrected chi connectivity index (χ4v) is 5.05. The molecule has 1 amide bonds. The van der Waals surface area contributed by atoms with E-state index in [-0.39, 0.29) is 37.4 Å². The molecule has 1 saturated heterocycles. The van der Waals surface area contributed by atoms with Gasteiger partial charge in [0, 0.05) is 38.6 Å². The summed E-state index contributed by atoms with van der Waals surface area (Å²) < 4.78 is 55.0. The Kier molecular flexibility index (Phi) is 5.31. The van der Waals surface area contributed by atoms with E-state index in [1.807, 2.05) is 0 Å². The van der Waals surface area contributed by atoms with Crippen LogP contribution in [0.25, 0.3) is 10.8 Å². The van der Waals surface area contributed by atoms with Crippen LogP contribution >= 0.6 is 0 Å². The highest BCUT2D eigenvalue weighted by molar-refractivity contribution is 7.89. The summed E-state index contributed by atoms with van der Waals surface area (Å²) in [4.78, 5) is 26.0. The predicted octanol–water partition coefficient (Wildman–Crippen LogP) is 1.36. The number of rotatable bonds is 3. The SMILES string of the molecule is Cn1nc(C(=O)N2CCN(S(=O)(=O)c3cc(F)ccc3F)CC2)c2ccccc2c1=O. The van der Waals surface area contributed by atoms with Gasteiger partial charge in [0.15, 0.2) is 5.69 Å². The second kappa shape index (κ2) is 7.82. The van der Waals surface area contributed by atoms with E-state index in [2.05, 4.69) is 5.10 Å². The quantitative estimate of drug-likeness (QED) is 0.603. The molecule has 1 fully saturated rings. The topological polar surface area (TPSA) is 92.6 Å².